The molecule has 0 unspecified atom stereocenters. The monoisotopic (exact) mass is 235 g/mol. The van der Waals surface area contributed by atoms with Gasteiger partial charge in [0.2, 0.25) is 0 Å². The molecule has 0 spiro atoms. The molecule has 0 bridgehead atoms. The lowest BCUT2D eigenvalue weighted by Crippen LogP contribution is -2.09. The summed E-state index contributed by atoms with van der Waals surface area (Å²) in [6.07, 6.45) is 0. The molecule has 1 rings (SSSR count). The molecule has 0 saturated heterocycles. The Balaban J connectivity index is 2.26. The van der Waals surface area contributed by atoms with Crippen molar-refractivity contribution < 1.29 is 13.2 Å². The summed E-state index contributed by atoms with van der Waals surface area (Å²) in [7, 11) is 0. The molecule has 0 aliphatic heterocycles. The number of hydrogen-bond donors (Lipinski definition) is 1. The maximum Gasteiger partial charge on any atom is 0.441 e. The fourth-order valence-corrected chi connectivity index (χ4v) is 1.55. The molecule has 0 radical (unpaired) electrons. The van der Waals surface area contributed by atoms with E-state index in [9.17, 15) is 13.2 Å². The Morgan fingerprint density at radius 3 is 2.67 bits per heavy atom. The third-order valence-corrected chi connectivity index (χ3v) is 2.45. The van der Waals surface area contributed by atoms with Crippen molar-refractivity contribution in [2.24, 2.45) is 0 Å². The first-order valence-electron chi connectivity index (χ1n) is 4.48. The normalized spacial score (nSPS) is 11.5. The van der Waals surface area contributed by atoms with Crippen LogP contribution >= 0.6 is 11.8 Å². The molecule has 0 heterocycles. The number of benzene rings is 1. The lowest BCUT2D eigenvalue weighted by atomic mass is 10.2. The molecule has 0 amide bonds. The number of thioether (sulfide) groups is 1. The summed E-state index contributed by atoms with van der Waals surface area (Å²) < 4.78 is 35.3. The van der Waals surface area contributed by atoms with Gasteiger partial charge in [-0.05, 0) is 36.4 Å². The highest BCUT2D eigenvalue weighted by Gasteiger charge is 2.27. The van der Waals surface area contributed by atoms with E-state index in [1.807, 2.05) is 31.2 Å². The van der Waals surface area contributed by atoms with Crippen molar-refractivity contribution in [2.45, 2.75) is 12.4 Å². The van der Waals surface area contributed by atoms with Crippen molar-refractivity contribution in [3.8, 4) is 0 Å². The summed E-state index contributed by atoms with van der Waals surface area (Å²) in [4.78, 5) is 0. The molecule has 0 saturated carbocycles. The first-order valence-corrected chi connectivity index (χ1v) is 5.47. The summed E-state index contributed by atoms with van der Waals surface area (Å²) in [5.41, 5.74) is -2.19. The highest BCUT2D eigenvalue weighted by molar-refractivity contribution is 8.00. The van der Waals surface area contributed by atoms with Crippen LogP contribution in [0.2, 0.25) is 0 Å². The number of anilines is 1. The molecule has 0 atom stereocenters. The number of rotatable bonds is 4. The number of halogens is 3. The van der Waals surface area contributed by atoms with Crippen molar-refractivity contribution in [3.05, 3.63) is 29.8 Å². The molecule has 0 fully saturated rings. The van der Waals surface area contributed by atoms with Crippen molar-refractivity contribution in [1.29, 1.82) is 0 Å². The molecule has 15 heavy (non-hydrogen) atoms. The molecule has 0 aromatic heterocycles. The molecule has 0 aliphatic carbocycles. The van der Waals surface area contributed by atoms with E-state index in [-0.39, 0.29) is 17.5 Å². The van der Waals surface area contributed by atoms with Gasteiger partial charge in [0.05, 0.1) is 0 Å². The Morgan fingerprint density at radius 1 is 1.33 bits per heavy atom. The molecule has 1 N–H and O–H groups in total. The highest BCUT2D eigenvalue weighted by atomic mass is 32.2. The van der Waals surface area contributed by atoms with Crippen LogP contribution in [0.15, 0.2) is 24.3 Å². The van der Waals surface area contributed by atoms with Gasteiger partial charge in [0.25, 0.3) is 0 Å². The number of hydrogen-bond acceptors (Lipinski definition) is 2. The van der Waals surface area contributed by atoms with Crippen molar-refractivity contribution >= 4 is 17.4 Å². The summed E-state index contributed by atoms with van der Waals surface area (Å²) in [5.74, 6) is 0.0252. The molecule has 5 heteroatoms. The van der Waals surface area contributed by atoms with Crippen LogP contribution in [-0.4, -0.2) is 17.8 Å². The van der Waals surface area contributed by atoms with Gasteiger partial charge in [-0.15, -0.1) is 0 Å². The second-order valence-corrected chi connectivity index (χ2v) is 4.25. The van der Waals surface area contributed by atoms with Crippen LogP contribution in [0, 0.1) is 6.92 Å². The van der Waals surface area contributed by atoms with E-state index in [2.05, 4.69) is 5.32 Å². The van der Waals surface area contributed by atoms with Crippen molar-refractivity contribution in [1.82, 2.24) is 0 Å². The topological polar surface area (TPSA) is 12.0 Å². The SMILES string of the molecule is Cc1cccc(NCCSC(F)(F)F)c1. The first kappa shape index (κ1) is 12.2. The van der Waals surface area contributed by atoms with Crippen LogP contribution in [0.5, 0.6) is 0 Å². The minimum atomic E-state index is -4.13. The van der Waals surface area contributed by atoms with Gasteiger partial charge >= 0.3 is 5.51 Å². The van der Waals surface area contributed by atoms with Crippen LogP contribution < -0.4 is 5.32 Å². The second kappa shape index (κ2) is 5.30. The molecule has 1 aromatic carbocycles. The Bertz CT molecular complexity index is 312. The second-order valence-electron chi connectivity index (χ2n) is 3.09. The fraction of sp³-hybridized carbons (Fsp3) is 0.400. The highest BCUT2D eigenvalue weighted by Crippen LogP contribution is 2.29. The van der Waals surface area contributed by atoms with Crippen LogP contribution in [0.25, 0.3) is 0 Å². The van der Waals surface area contributed by atoms with E-state index in [0.29, 0.717) is 6.54 Å². The van der Waals surface area contributed by atoms with E-state index in [1.54, 1.807) is 0 Å². The van der Waals surface area contributed by atoms with Gasteiger partial charge in [0, 0.05) is 18.0 Å². The van der Waals surface area contributed by atoms with E-state index in [1.165, 1.54) is 0 Å². The number of aryl methyl sites for hydroxylation is 1. The van der Waals surface area contributed by atoms with Gasteiger partial charge in [-0.1, -0.05) is 12.1 Å². The van der Waals surface area contributed by atoms with Crippen molar-refractivity contribution in [3.63, 3.8) is 0 Å². The van der Waals surface area contributed by atoms with Gasteiger partial charge in [0.15, 0.2) is 0 Å². The zero-order valence-corrected chi connectivity index (χ0v) is 9.08. The predicted octanol–water partition coefficient (Wildman–Crippen LogP) is 3.66. The number of nitrogens with one attached hydrogen (secondary N) is 1. The molecule has 84 valence electrons. The third kappa shape index (κ3) is 5.57. The number of alkyl halides is 3. The lowest BCUT2D eigenvalue weighted by molar-refractivity contribution is -0.0327. The summed E-state index contributed by atoms with van der Waals surface area (Å²) in [6, 6.07) is 7.55. The Kier molecular flexibility index (Phi) is 4.32. The fourth-order valence-electron chi connectivity index (χ4n) is 1.12. The van der Waals surface area contributed by atoms with Crippen LogP contribution in [-0.2, 0) is 0 Å². The maximum absolute atomic E-state index is 11.8. The van der Waals surface area contributed by atoms with Crippen LogP contribution in [0.4, 0.5) is 18.9 Å². The van der Waals surface area contributed by atoms with Gasteiger partial charge in [-0.25, -0.2) is 0 Å². The average molecular weight is 235 g/mol. The van der Waals surface area contributed by atoms with E-state index < -0.39 is 5.51 Å². The van der Waals surface area contributed by atoms with Crippen molar-refractivity contribution in [2.75, 3.05) is 17.6 Å². The molecule has 1 aromatic rings. The van der Waals surface area contributed by atoms with Gasteiger partial charge in [-0.2, -0.15) is 13.2 Å². The minimum Gasteiger partial charge on any atom is -0.384 e. The smallest absolute Gasteiger partial charge is 0.384 e. The third-order valence-electron chi connectivity index (χ3n) is 1.71. The molecule has 0 aliphatic rings. The Morgan fingerprint density at radius 2 is 2.07 bits per heavy atom. The van der Waals surface area contributed by atoms with Gasteiger partial charge in [0.1, 0.15) is 0 Å². The summed E-state index contributed by atoms with van der Waals surface area (Å²) in [6.45, 7) is 2.25. The van der Waals surface area contributed by atoms with Gasteiger partial charge < -0.3 is 5.32 Å². The molecular formula is C10H12F3NS. The first-order chi connectivity index (χ1) is 6.97. The standard InChI is InChI=1S/C10H12F3NS/c1-8-3-2-4-9(7-8)14-5-6-15-10(11,12)13/h2-4,7,14H,5-6H2,1H3. The zero-order valence-electron chi connectivity index (χ0n) is 8.27. The molecular weight excluding hydrogens is 223 g/mol. The minimum absolute atomic E-state index is 0.00549. The Labute approximate surface area is 91.1 Å². The van der Waals surface area contributed by atoms with E-state index in [0.717, 1.165) is 11.3 Å². The van der Waals surface area contributed by atoms with Crippen LogP contribution in [0.1, 0.15) is 5.56 Å². The van der Waals surface area contributed by atoms with E-state index >= 15 is 0 Å². The predicted molar refractivity (Wildman–Crippen MR) is 58.2 cm³/mol. The quantitative estimate of drug-likeness (QED) is 0.799. The lowest BCUT2D eigenvalue weighted by Gasteiger charge is -2.08. The average Bonchev–Trinajstić information content (AvgIpc) is 2.11. The zero-order chi connectivity index (χ0) is 11.3. The largest absolute Gasteiger partial charge is 0.441 e. The maximum atomic E-state index is 11.8. The Hall–Kier alpha value is -0.840. The van der Waals surface area contributed by atoms with Crippen LogP contribution in [0.3, 0.4) is 0 Å². The van der Waals surface area contributed by atoms with Gasteiger partial charge in [-0.3, -0.25) is 0 Å². The van der Waals surface area contributed by atoms with E-state index in [4.69, 9.17) is 0 Å². The summed E-state index contributed by atoms with van der Waals surface area (Å²) in [5, 5.41) is 2.94. The molecule has 1 nitrogen and oxygen atoms in total. The summed E-state index contributed by atoms with van der Waals surface area (Å²) >= 11 is -0.00549.